The van der Waals surface area contributed by atoms with Crippen LogP contribution >= 0.6 is 0 Å². The van der Waals surface area contributed by atoms with Gasteiger partial charge in [-0.15, -0.1) is 0 Å². The molecule has 21 heavy (non-hydrogen) atoms. The molecule has 114 valence electrons. The van der Waals surface area contributed by atoms with Crippen LogP contribution in [0.1, 0.15) is 19.7 Å². The summed E-state index contributed by atoms with van der Waals surface area (Å²) in [5, 5.41) is 2.95. The van der Waals surface area contributed by atoms with Gasteiger partial charge in [-0.3, -0.25) is 14.3 Å². The van der Waals surface area contributed by atoms with Gasteiger partial charge in [0.2, 0.25) is 0 Å². The molecule has 0 amide bonds. The lowest BCUT2D eigenvalue weighted by Crippen LogP contribution is -2.35. The number of nitrogens with zero attached hydrogens (tertiary/aromatic N) is 3. The van der Waals surface area contributed by atoms with Crippen molar-refractivity contribution in [3.63, 3.8) is 0 Å². The lowest BCUT2D eigenvalue weighted by atomic mass is 10.2. The molecule has 0 saturated carbocycles. The Morgan fingerprint density at radius 1 is 1.43 bits per heavy atom. The third-order valence-corrected chi connectivity index (χ3v) is 3.13. The summed E-state index contributed by atoms with van der Waals surface area (Å²) in [4.78, 5) is 30.2. The Balaban J connectivity index is 2.33. The van der Waals surface area contributed by atoms with Gasteiger partial charge < -0.3 is 15.6 Å². The van der Waals surface area contributed by atoms with Gasteiger partial charge >= 0.3 is 5.69 Å². The molecule has 0 aromatic carbocycles. The molecule has 4 N–H and O–H groups in total. The lowest BCUT2D eigenvalue weighted by Gasteiger charge is -2.15. The SMILES string of the molecule is CC(C)Cn1c(N)c(NCc2nccn2C)c(=O)[nH]c1=O. The van der Waals surface area contributed by atoms with Crippen LogP contribution in [-0.2, 0) is 20.1 Å². The second-order valence-corrected chi connectivity index (χ2v) is 5.33. The molecular formula is C13H20N6O2. The minimum Gasteiger partial charge on any atom is -0.383 e. The standard InChI is InChI=1S/C13H20N6O2/c1-8(2)7-19-11(14)10(12(20)17-13(19)21)16-6-9-15-4-5-18(9)3/h4-5,8,16H,6-7,14H2,1-3H3,(H,17,20,21). The number of aromatic amines is 1. The van der Waals surface area contributed by atoms with Crippen molar-refractivity contribution in [2.45, 2.75) is 26.9 Å². The van der Waals surface area contributed by atoms with E-state index in [1.807, 2.05) is 31.7 Å². The van der Waals surface area contributed by atoms with E-state index in [9.17, 15) is 9.59 Å². The van der Waals surface area contributed by atoms with Gasteiger partial charge in [0.1, 0.15) is 17.3 Å². The van der Waals surface area contributed by atoms with Crippen molar-refractivity contribution in [2.24, 2.45) is 13.0 Å². The summed E-state index contributed by atoms with van der Waals surface area (Å²) in [7, 11) is 1.86. The first-order valence-corrected chi connectivity index (χ1v) is 6.72. The molecule has 0 aliphatic carbocycles. The van der Waals surface area contributed by atoms with Crippen LogP contribution in [0.5, 0.6) is 0 Å². The molecule has 0 bridgehead atoms. The van der Waals surface area contributed by atoms with E-state index in [0.29, 0.717) is 13.1 Å². The highest BCUT2D eigenvalue weighted by Gasteiger charge is 2.13. The number of hydrogen-bond donors (Lipinski definition) is 3. The Hall–Kier alpha value is -2.51. The van der Waals surface area contributed by atoms with Crippen LogP contribution in [0.15, 0.2) is 22.0 Å². The van der Waals surface area contributed by atoms with Crippen LogP contribution in [0.2, 0.25) is 0 Å². The Bertz CT molecular complexity index is 740. The van der Waals surface area contributed by atoms with E-state index >= 15 is 0 Å². The van der Waals surface area contributed by atoms with E-state index in [2.05, 4.69) is 15.3 Å². The molecular weight excluding hydrogens is 272 g/mol. The Morgan fingerprint density at radius 3 is 2.71 bits per heavy atom. The molecule has 8 nitrogen and oxygen atoms in total. The van der Waals surface area contributed by atoms with E-state index in [4.69, 9.17) is 5.73 Å². The van der Waals surface area contributed by atoms with E-state index in [1.54, 1.807) is 6.20 Å². The largest absolute Gasteiger partial charge is 0.383 e. The fraction of sp³-hybridized carbons (Fsp3) is 0.462. The van der Waals surface area contributed by atoms with Crippen molar-refractivity contribution in [2.75, 3.05) is 11.1 Å². The van der Waals surface area contributed by atoms with Crippen LogP contribution in [0.25, 0.3) is 0 Å². The Kier molecular flexibility index (Phi) is 4.15. The van der Waals surface area contributed by atoms with Crippen LogP contribution < -0.4 is 22.3 Å². The predicted molar refractivity (Wildman–Crippen MR) is 81.1 cm³/mol. The van der Waals surface area contributed by atoms with Crippen molar-refractivity contribution in [3.8, 4) is 0 Å². The maximum Gasteiger partial charge on any atom is 0.330 e. The quantitative estimate of drug-likeness (QED) is 0.725. The van der Waals surface area contributed by atoms with Crippen molar-refractivity contribution in [3.05, 3.63) is 39.1 Å². The fourth-order valence-electron chi connectivity index (χ4n) is 2.04. The second-order valence-electron chi connectivity index (χ2n) is 5.33. The molecule has 0 atom stereocenters. The molecule has 2 aromatic heterocycles. The number of anilines is 2. The molecule has 2 heterocycles. The fourth-order valence-corrected chi connectivity index (χ4v) is 2.04. The maximum atomic E-state index is 11.9. The van der Waals surface area contributed by atoms with E-state index in [1.165, 1.54) is 4.57 Å². The lowest BCUT2D eigenvalue weighted by molar-refractivity contribution is 0.508. The van der Waals surface area contributed by atoms with Crippen molar-refractivity contribution in [1.29, 1.82) is 0 Å². The van der Waals surface area contributed by atoms with Gasteiger partial charge in [-0.25, -0.2) is 9.78 Å². The average molecular weight is 292 g/mol. The first kappa shape index (κ1) is 14.9. The van der Waals surface area contributed by atoms with Gasteiger partial charge in [0.05, 0.1) is 6.54 Å². The van der Waals surface area contributed by atoms with E-state index in [-0.39, 0.29) is 17.4 Å². The minimum absolute atomic E-state index is 0.145. The van der Waals surface area contributed by atoms with Crippen molar-refractivity contribution < 1.29 is 0 Å². The number of rotatable bonds is 5. The zero-order valence-corrected chi connectivity index (χ0v) is 12.4. The number of aromatic nitrogens is 4. The summed E-state index contributed by atoms with van der Waals surface area (Å²) >= 11 is 0. The van der Waals surface area contributed by atoms with E-state index in [0.717, 1.165) is 5.82 Å². The van der Waals surface area contributed by atoms with Gasteiger partial charge in [-0.2, -0.15) is 0 Å². The third kappa shape index (κ3) is 3.15. The number of aryl methyl sites for hydroxylation is 1. The Morgan fingerprint density at radius 2 is 2.14 bits per heavy atom. The first-order chi connectivity index (χ1) is 9.90. The molecule has 0 aliphatic heterocycles. The molecule has 2 aromatic rings. The number of nitrogen functional groups attached to an aromatic ring is 1. The highest BCUT2D eigenvalue weighted by molar-refractivity contribution is 5.60. The zero-order valence-electron chi connectivity index (χ0n) is 12.4. The van der Waals surface area contributed by atoms with E-state index < -0.39 is 11.2 Å². The maximum absolute atomic E-state index is 11.9. The summed E-state index contributed by atoms with van der Waals surface area (Å²) < 4.78 is 3.20. The highest BCUT2D eigenvalue weighted by atomic mass is 16.2. The average Bonchev–Trinajstić information content (AvgIpc) is 2.80. The normalized spacial score (nSPS) is 11.0. The van der Waals surface area contributed by atoms with Crippen LogP contribution in [-0.4, -0.2) is 19.1 Å². The van der Waals surface area contributed by atoms with Crippen LogP contribution in [0.3, 0.4) is 0 Å². The zero-order chi connectivity index (χ0) is 15.6. The topological polar surface area (TPSA) is 111 Å². The second kappa shape index (κ2) is 5.86. The van der Waals surface area contributed by atoms with Gasteiger partial charge in [-0.1, -0.05) is 13.8 Å². The van der Waals surface area contributed by atoms with Crippen molar-refractivity contribution in [1.82, 2.24) is 19.1 Å². The highest BCUT2D eigenvalue weighted by Crippen LogP contribution is 2.12. The molecule has 0 radical (unpaired) electrons. The molecule has 0 unspecified atom stereocenters. The third-order valence-electron chi connectivity index (χ3n) is 3.13. The number of hydrogen-bond acceptors (Lipinski definition) is 5. The molecule has 8 heteroatoms. The van der Waals surface area contributed by atoms with Crippen LogP contribution in [0.4, 0.5) is 11.5 Å². The summed E-state index contributed by atoms with van der Waals surface area (Å²) in [6, 6.07) is 0. The summed E-state index contributed by atoms with van der Waals surface area (Å²) in [6.07, 6.45) is 3.48. The number of imidazole rings is 1. The minimum atomic E-state index is -0.522. The van der Waals surface area contributed by atoms with Gasteiger partial charge in [-0.05, 0) is 5.92 Å². The number of nitrogens with two attached hydrogens (primary N) is 1. The monoisotopic (exact) mass is 292 g/mol. The molecule has 2 rings (SSSR count). The molecule has 0 aliphatic rings. The Labute approximate surface area is 121 Å². The van der Waals surface area contributed by atoms with Crippen molar-refractivity contribution >= 4 is 11.5 Å². The number of nitrogens with one attached hydrogen (secondary N) is 2. The number of H-pyrrole nitrogens is 1. The first-order valence-electron chi connectivity index (χ1n) is 6.72. The summed E-state index contributed by atoms with van der Waals surface area (Å²) in [5.41, 5.74) is 5.14. The molecule has 0 spiro atoms. The van der Waals surface area contributed by atoms with Gasteiger partial charge in [0.15, 0.2) is 0 Å². The smallest absolute Gasteiger partial charge is 0.330 e. The molecule has 0 saturated heterocycles. The van der Waals surface area contributed by atoms with Crippen LogP contribution in [0, 0.1) is 5.92 Å². The summed E-state index contributed by atoms with van der Waals surface area (Å²) in [6.45, 7) is 4.73. The van der Waals surface area contributed by atoms with Gasteiger partial charge in [0.25, 0.3) is 5.56 Å². The predicted octanol–water partition coefficient (Wildman–Crippen LogP) is 0.120. The van der Waals surface area contributed by atoms with Gasteiger partial charge in [0, 0.05) is 26.0 Å². The summed E-state index contributed by atoms with van der Waals surface area (Å²) in [5.74, 6) is 1.14. The molecule has 0 fully saturated rings.